The van der Waals surface area contributed by atoms with Gasteiger partial charge >= 0.3 is 0 Å². The molecule has 0 aliphatic rings. The zero-order valence-electron chi connectivity index (χ0n) is 9.30. The highest BCUT2D eigenvalue weighted by Crippen LogP contribution is 2.18. The van der Waals surface area contributed by atoms with Gasteiger partial charge in [-0.3, -0.25) is 0 Å². The predicted octanol–water partition coefficient (Wildman–Crippen LogP) is 0.310. The summed E-state index contributed by atoms with van der Waals surface area (Å²) in [7, 11) is 0. The van der Waals surface area contributed by atoms with Crippen LogP contribution in [0.2, 0.25) is 0 Å². The fourth-order valence-corrected chi connectivity index (χ4v) is 1.39. The molecule has 0 spiro atoms. The van der Waals surface area contributed by atoms with Gasteiger partial charge in [-0.1, -0.05) is 18.2 Å². The Kier molecular flexibility index (Phi) is 5.85. The van der Waals surface area contributed by atoms with Crippen molar-refractivity contribution in [2.24, 2.45) is 5.73 Å². The molecule has 0 heterocycles. The molecule has 1 aromatic rings. The third-order valence-corrected chi connectivity index (χ3v) is 2.33. The summed E-state index contributed by atoms with van der Waals surface area (Å²) >= 11 is 0. The summed E-state index contributed by atoms with van der Waals surface area (Å²) in [4.78, 5) is 0. The Labute approximate surface area is 95.7 Å². The maximum absolute atomic E-state index is 9.26. The first-order valence-corrected chi connectivity index (χ1v) is 5.47. The van der Waals surface area contributed by atoms with Gasteiger partial charge in [0.05, 0.1) is 12.7 Å². The second-order valence-corrected chi connectivity index (χ2v) is 3.61. The SMILES string of the molecule is NCC(O)CCOc1ccccc1CCO. The molecule has 0 aliphatic heterocycles. The van der Waals surface area contributed by atoms with Crippen LogP contribution in [0.1, 0.15) is 12.0 Å². The average Bonchev–Trinajstić information content (AvgIpc) is 2.31. The van der Waals surface area contributed by atoms with Crippen molar-refractivity contribution in [3.05, 3.63) is 29.8 Å². The van der Waals surface area contributed by atoms with Crippen LogP contribution in [-0.2, 0) is 6.42 Å². The van der Waals surface area contributed by atoms with Crippen molar-refractivity contribution < 1.29 is 14.9 Å². The molecule has 16 heavy (non-hydrogen) atoms. The Morgan fingerprint density at radius 2 is 2.06 bits per heavy atom. The molecule has 4 N–H and O–H groups in total. The Morgan fingerprint density at radius 3 is 2.75 bits per heavy atom. The maximum Gasteiger partial charge on any atom is 0.122 e. The first kappa shape index (κ1) is 13.0. The molecule has 0 amide bonds. The lowest BCUT2D eigenvalue weighted by molar-refractivity contribution is 0.145. The van der Waals surface area contributed by atoms with Crippen molar-refractivity contribution >= 4 is 0 Å². The molecular weight excluding hydrogens is 206 g/mol. The minimum Gasteiger partial charge on any atom is -0.493 e. The molecule has 1 aromatic carbocycles. The fraction of sp³-hybridized carbons (Fsp3) is 0.500. The summed E-state index contributed by atoms with van der Waals surface area (Å²) in [6, 6.07) is 7.58. The molecule has 1 atom stereocenters. The summed E-state index contributed by atoms with van der Waals surface area (Å²) < 4.78 is 5.54. The first-order valence-electron chi connectivity index (χ1n) is 5.47. The molecule has 0 aromatic heterocycles. The summed E-state index contributed by atoms with van der Waals surface area (Å²) in [5, 5.41) is 18.1. The molecule has 1 rings (SSSR count). The van der Waals surface area contributed by atoms with Crippen molar-refractivity contribution in [2.45, 2.75) is 18.9 Å². The van der Waals surface area contributed by atoms with E-state index < -0.39 is 6.10 Å². The Morgan fingerprint density at radius 1 is 1.31 bits per heavy atom. The van der Waals surface area contributed by atoms with Crippen molar-refractivity contribution in [2.75, 3.05) is 19.8 Å². The second kappa shape index (κ2) is 7.22. The highest BCUT2D eigenvalue weighted by atomic mass is 16.5. The van der Waals surface area contributed by atoms with Gasteiger partial charge in [0.15, 0.2) is 0 Å². The topological polar surface area (TPSA) is 75.7 Å². The third kappa shape index (κ3) is 4.18. The molecule has 0 aliphatic carbocycles. The predicted molar refractivity (Wildman–Crippen MR) is 62.4 cm³/mol. The van der Waals surface area contributed by atoms with Crippen LogP contribution >= 0.6 is 0 Å². The minimum absolute atomic E-state index is 0.103. The molecule has 4 nitrogen and oxygen atoms in total. The summed E-state index contributed by atoms with van der Waals surface area (Å²) in [6.07, 6.45) is 0.588. The van der Waals surface area contributed by atoms with E-state index in [0.717, 1.165) is 11.3 Å². The zero-order chi connectivity index (χ0) is 11.8. The highest BCUT2D eigenvalue weighted by molar-refractivity contribution is 5.33. The normalized spacial score (nSPS) is 12.4. The number of aliphatic hydroxyl groups is 2. The molecule has 90 valence electrons. The van der Waals surface area contributed by atoms with Crippen molar-refractivity contribution in [3.8, 4) is 5.75 Å². The van der Waals surface area contributed by atoms with Crippen molar-refractivity contribution in [1.29, 1.82) is 0 Å². The van der Waals surface area contributed by atoms with Gasteiger partial charge in [0, 0.05) is 19.6 Å². The van der Waals surface area contributed by atoms with E-state index in [9.17, 15) is 5.11 Å². The van der Waals surface area contributed by atoms with Gasteiger partial charge in [-0.2, -0.15) is 0 Å². The van der Waals surface area contributed by atoms with E-state index in [-0.39, 0.29) is 13.2 Å². The standard InChI is InChI=1S/C12H19NO3/c13-9-11(15)6-8-16-12-4-2-1-3-10(12)5-7-14/h1-4,11,14-15H,5-9,13H2. The molecule has 0 radical (unpaired) electrons. The van der Waals surface area contributed by atoms with Crippen molar-refractivity contribution in [3.63, 3.8) is 0 Å². The Bertz CT molecular complexity index is 304. The number of aliphatic hydroxyl groups excluding tert-OH is 2. The van der Waals surface area contributed by atoms with Gasteiger partial charge in [0.25, 0.3) is 0 Å². The van der Waals surface area contributed by atoms with E-state index in [1.54, 1.807) is 0 Å². The lowest BCUT2D eigenvalue weighted by Gasteiger charge is -2.12. The van der Waals surface area contributed by atoms with E-state index in [1.807, 2.05) is 24.3 Å². The number of ether oxygens (including phenoxy) is 1. The van der Waals surface area contributed by atoms with Crippen LogP contribution in [0, 0.1) is 0 Å². The van der Waals surface area contributed by atoms with Crippen LogP contribution < -0.4 is 10.5 Å². The molecule has 4 heteroatoms. The van der Waals surface area contributed by atoms with Gasteiger partial charge < -0.3 is 20.7 Å². The number of rotatable bonds is 7. The number of para-hydroxylation sites is 1. The van der Waals surface area contributed by atoms with Crippen molar-refractivity contribution in [1.82, 2.24) is 0 Å². The van der Waals surface area contributed by atoms with E-state index >= 15 is 0 Å². The van der Waals surface area contributed by atoms with Gasteiger partial charge in [-0.15, -0.1) is 0 Å². The van der Waals surface area contributed by atoms with Crippen LogP contribution in [-0.4, -0.2) is 36.1 Å². The third-order valence-electron chi connectivity index (χ3n) is 2.33. The lowest BCUT2D eigenvalue weighted by atomic mass is 10.1. The van der Waals surface area contributed by atoms with E-state index in [1.165, 1.54) is 0 Å². The number of benzene rings is 1. The minimum atomic E-state index is -0.509. The summed E-state index contributed by atoms with van der Waals surface area (Å²) in [5.74, 6) is 0.765. The number of hydrogen-bond acceptors (Lipinski definition) is 4. The smallest absolute Gasteiger partial charge is 0.122 e. The molecule has 0 fully saturated rings. The van der Waals surface area contributed by atoms with E-state index in [2.05, 4.69) is 0 Å². The quantitative estimate of drug-likeness (QED) is 0.624. The largest absolute Gasteiger partial charge is 0.493 e. The monoisotopic (exact) mass is 225 g/mol. The summed E-state index contributed by atoms with van der Waals surface area (Å²) in [5.41, 5.74) is 6.27. The van der Waals surface area contributed by atoms with Gasteiger partial charge in [-0.25, -0.2) is 0 Å². The van der Waals surface area contributed by atoms with E-state index in [4.69, 9.17) is 15.6 Å². The van der Waals surface area contributed by atoms with Crippen LogP contribution in [0.3, 0.4) is 0 Å². The lowest BCUT2D eigenvalue weighted by Crippen LogP contribution is -2.22. The van der Waals surface area contributed by atoms with Crippen LogP contribution in [0.15, 0.2) is 24.3 Å². The zero-order valence-corrected chi connectivity index (χ0v) is 9.30. The van der Waals surface area contributed by atoms with Gasteiger partial charge in [-0.05, 0) is 18.1 Å². The molecule has 0 saturated heterocycles. The van der Waals surface area contributed by atoms with Gasteiger partial charge in [0.1, 0.15) is 5.75 Å². The highest BCUT2D eigenvalue weighted by Gasteiger charge is 2.04. The first-order chi connectivity index (χ1) is 7.77. The second-order valence-electron chi connectivity index (χ2n) is 3.61. The fourth-order valence-electron chi connectivity index (χ4n) is 1.39. The molecular formula is C12H19NO3. The van der Waals surface area contributed by atoms with Crippen LogP contribution in [0.25, 0.3) is 0 Å². The maximum atomic E-state index is 9.26. The van der Waals surface area contributed by atoms with Crippen LogP contribution in [0.5, 0.6) is 5.75 Å². The molecule has 1 unspecified atom stereocenters. The van der Waals surface area contributed by atoms with E-state index in [0.29, 0.717) is 19.4 Å². The Hall–Kier alpha value is -1.10. The Balaban J connectivity index is 2.46. The number of hydrogen-bond donors (Lipinski definition) is 3. The van der Waals surface area contributed by atoms with Crippen LogP contribution in [0.4, 0.5) is 0 Å². The molecule has 0 bridgehead atoms. The summed E-state index contributed by atoms with van der Waals surface area (Å²) in [6.45, 7) is 0.786. The van der Waals surface area contributed by atoms with Gasteiger partial charge in [0.2, 0.25) is 0 Å². The number of nitrogens with two attached hydrogens (primary N) is 1. The molecule has 0 saturated carbocycles. The average molecular weight is 225 g/mol.